The highest BCUT2D eigenvalue weighted by Gasteiger charge is 2.15. The minimum Gasteiger partial charge on any atom is -0.494 e. The average Bonchev–Trinajstić information content (AvgIpc) is 2.50. The second-order valence-electron chi connectivity index (χ2n) is 5.09. The Kier molecular flexibility index (Phi) is 5.70. The van der Waals surface area contributed by atoms with E-state index in [-0.39, 0.29) is 21.9 Å². The molecule has 7 heteroatoms. The van der Waals surface area contributed by atoms with Gasteiger partial charge in [-0.15, -0.1) is 0 Å². The summed E-state index contributed by atoms with van der Waals surface area (Å²) in [6.07, 6.45) is 0. The topological polar surface area (TPSA) is 67.4 Å². The standard InChI is InChI=1S/C17H16Cl2N2O3/c1-9-14(20-10(2)22)5-4-6-15(9)21-17(23)11-7-12(18)16(24-3)13(19)8-11/h4-8H,1-3H3,(H,20,22)(H,21,23). The average molecular weight is 367 g/mol. The third-order valence-corrected chi connectivity index (χ3v) is 3.92. The molecule has 0 bridgehead atoms. The van der Waals surface area contributed by atoms with Crippen molar-refractivity contribution in [2.45, 2.75) is 13.8 Å². The van der Waals surface area contributed by atoms with Crippen LogP contribution in [0.1, 0.15) is 22.8 Å². The molecule has 0 heterocycles. The molecule has 0 aliphatic heterocycles. The highest BCUT2D eigenvalue weighted by molar-refractivity contribution is 6.37. The Labute approximate surface area is 149 Å². The van der Waals surface area contributed by atoms with Gasteiger partial charge in [-0.25, -0.2) is 0 Å². The van der Waals surface area contributed by atoms with Crippen LogP contribution in [0.25, 0.3) is 0 Å². The summed E-state index contributed by atoms with van der Waals surface area (Å²) in [5.41, 5.74) is 2.25. The Bertz CT molecular complexity index is 783. The van der Waals surface area contributed by atoms with Gasteiger partial charge in [0, 0.05) is 23.9 Å². The number of hydrogen-bond donors (Lipinski definition) is 2. The van der Waals surface area contributed by atoms with Crippen LogP contribution in [-0.2, 0) is 4.79 Å². The molecule has 24 heavy (non-hydrogen) atoms. The summed E-state index contributed by atoms with van der Waals surface area (Å²) >= 11 is 12.1. The van der Waals surface area contributed by atoms with Crippen LogP contribution in [-0.4, -0.2) is 18.9 Å². The van der Waals surface area contributed by atoms with Gasteiger partial charge in [0.1, 0.15) is 0 Å². The molecule has 0 saturated carbocycles. The van der Waals surface area contributed by atoms with Crippen LogP contribution in [0, 0.1) is 6.92 Å². The lowest BCUT2D eigenvalue weighted by atomic mass is 10.1. The summed E-state index contributed by atoms with van der Waals surface area (Å²) in [6, 6.07) is 8.20. The first-order valence-electron chi connectivity index (χ1n) is 7.05. The van der Waals surface area contributed by atoms with E-state index in [9.17, 15) is 9.59 Å². The molecular formula is C17H16Cl2N2O3. The summed E-state index contributed by atoms with van der Waals surface area (Å²) in [5.74, 6) is -0.237. The molecule has 0 unspecified atom stereocenters. The van der Waals surface area contributed by atoms with Crippen molar-refractivity contribution in [3.05, 3.63) is 51.5 Å². The van der Waals surface area contributed by atoms with Crippen LogP contribution in [0.5, 0.6) is 5.75 Å². The van der Waals surface area contributed by atoms with E-state index in [1.807, 2.05) is 0 Å². The van der Waals surface area contributed by atoms with Gasteiger partial charge in [-0.1, -0.05) is 29.3 Å². The number of rotatable bonds is 4. The molecule has 0 aliphatic carbocycles. The Balaban J connectivity index is 2.29. The van der Waals surface area contributed by atoms with Crippen molar-refractivity contribution >= 4 is 46.4 Å². The molecule has 2 rings (SSSR count). The van der Waals surface area contributed by atoms with Gasteiger partial charge >= 0.3 is 0 Å². The summed E-state index contributed by atoms with van der Waals surface area (Å²) < 4.78 is 5.06. The molecule has 5 nitrogen and oxygen atoms in total. The largest absolute Gasteiger partial charge is 0.494 e. The fourth-order valence-corrected chi connectivity index (χ4v) is 2.82. The number of anilines is 2. The van der Waals surface area contributed by atoms with E-state index in [0.29, 0.717) is 22.7 Å². The predicted octanol–water partition coefficient (Wildman–Crippen LogP) is 4.52. The highest BCUT2D eigenvalue weighted by Crippen LogP contribution is 2.34. The van der Waals surface area contributed by atoms with Crippen LogP contribution in [0.15, 0.2) is 30.3 Å². The van der Waals surface area contributed by atoms with Gasteiger partial charge < -0.3 is 15.4 Å². The maximum absolute atomic E-state index is 12.4. The van der Waals surface area contributed by atoms with Crippen LogP contribution >= 0.6 is 23.2 Å². The third-order valence-electron chi connectivity index (χ3n) is 3.36. The summed E-state index contributed by atoms with van der Waals surface area (Å²) in [6.45, 7) is 3.22. The van der Waals surface area contributed by atoms with E-state index in [1.54, 1.807) is 25.1 Å². The number of ether oxygens (including phenoxy) is 1. The summed E-state index contributed by atoms with van der Waals surface area (Å²) in [7, 11) is 1.45. The minimum atomic E-state index is -0.371. The second kappa shape index (κ2) is 7.55. The lowest BCUT2D eigenvalue weighted by Gasteiger charge is -2.13. The molecule has 2 aromatic carbocycles. The number of carbonyl (C=O) groups excluding carboxylic acids is 2. The second-order valence-corrected chi connectivity index (χ2v) is 5.90. The number of hydrogen-bond acceptors (Lipinski definition) is 3. The molecule has 0 saturated heterocycles. The maximum atomic E-state index is 12.4. The molecule has 0 aliphatic rings. The van der Waals surface area contributed by atoms with E-state index >= 15 is 0 Å². The number of halogens is 2. The minimum absolute atomic E-state index is 0.185. The highest BCUT2D eigenvalue weighted by atomic mass is 35.5. The van der Waals surface area contributed by atoms with Crippen LogP contribution in [0.4, 0.5) is 11.4 Å². The molecule has 0 fully saturated rings. The van der Waals surface area contributed by atoms with Crippen molar-refractivity contribution in [3.8, 4) is 5.75 Å². The van der Waals surface area contributed by atoms with Gasteiger partial charge in [0.2, 0.25) is 5.91 Å². The van der Waals surface area contributed by atoms with E-state index in [0.717, 1.165) is 5.56 Å². The van der Waals surface area contributed by atoms with Gasteiger partial charge in [-0.05, 0) is 36.8 Å². The molecule has 0 radical (unpaired) electrons. The van der Waals surface area contributed by atoms with E-state index < -0.39 is 0 Å². The number of amides is 2. The Morgan fingerprint density at radius 2 is 1.58 bits per heavy atom. The molecule has 2 aromatic rings. The van der Waals surface area contributed by atoms with Gasteiger partial charge in [0.25, 0.3) is 5.91 Å². The first-order chi connectivity index (χ1) is 11.3. The number of methoxy groups -OCH3 is 1. The summed E-state index contributed by atoms with van der Waals surface area (Å²) in [4.78, 5) is 23.7. The lowest BCUT2D eigenvalue weighted by Crippen LogP contribution is -2.14. The number of nitrogens with one attached hydrogen (secondary N) is 2. The molecule has 2 amide bonds. The van der Waals surface area contributed by atoms with Crippen LogP contribution in [0.2, 0.25) is 10.0 Å². The molecule has 126 valence electrons. The first kappa shape index (κ1) is 18.1. The molecule has 0 aromatic heterocycles. The van der Waals surface area contributed by atoms with Crippen molar-refractivity contribution < 1.29 is 14.3 Å². The first-order valence-corrected chi connectivity index (χ1v) is 7.80. The molecular weight excluding hydrogens is 351 g/mol. The number of benzene rings is 2. The van der Waals surface area contributed by atoms with Gasteiger partial charge in [0.15, 0.2) is 5.75 Å². The maximum Gasteiger partial charge on any atom is 0.255 e. The lowest BCUT2D eigenvalue weighted by molar-refractivity contribution is -0.114. The zero-order valence-electron chi connectivity index (χ0n) is 13.4. The van der Waals surface area contributed by atoms with Crippen molar-refractivity contribution in [1.82, 2.24) is 0 Å². The van der Waals surface area contributed by atoms with E-state index in [2.05, 4.69) is 10.6 Å². The van der Waals surface area contributed by atoms with Crippen molar-refractivity contribution in [3.63, 3.8) is 0 Å². The quantitative estimate of drug-likeness (QED) is 0.835. The Hall–Kier alpha value is -2.24. The van der Waals surface area contributed by atoms with Crippen molar-refractivity contribution in [1.29, 1.82) is 0 Å². The molecule has 2 N–H and O–H groups in total. The fourth-order valence-electron chi connectivity index (χ4n) is 2.18. The molecule has 0 spiro atoms. The van der Waals surface area contributed by atoms with Crippen LogP contribution < -0.4 is 15.4 Å². The Morgan fingerprint density at radius 1 is 1.04 bits per heavy atom. The zero-order valence-corrected chi connectivity index (χ0v) is 14.9. The van der Waals surface area contributed by atoms with E-state index in [1.165, 1.54) is 26.2 Å². The van der Waals surface area contributed by atoms with Crippen molar-refractivity contribution in [2.24, 2.45) is 0 Å². The SMILES string of the molecule is COc1c(Cl)cc(C(=O)Nc2cccc(NC(C)=O)c2C)cc1Cl. The normalized spacial score (nSPS) is 10.2. The third kappa shape index (κ3) is 3.99. The Morgan fingerprint density at radius 3 is 2.08 bits per heavy atom. The van der Waals surface area contributed by atoms with Gasteiger partial charge in [-0.2, -0.15) is 0 Å². The summed E-state index contributed by atoms with van der Waals surface area (Å²) in [5, 5.41) is 5.99. The monoisotopic (exact) mass is 366 g/mol. The zero-order chi connectivity index (χ0) is 17.9. The molecule has 0 atom stereocenters. The number of carbonyl (C=O) groups is 2. The fraction of sp³-hybridized carbons (Fsp3) is 0.176. The van der Waals surface area contributed by atoms with Crippen LogP contribution in [0.3, 0.4) is 0 Å². The van der Waals surface area contributed by atoms with Gasteiger partial charge in [0.05, 0.1) is 17.2 Å². The smallest absolute Gasteiger partial charge is 0.255 e. The van der Waals surface area contributed by atoms with Gasteiger partial charge in [-0.3, -0.25) is 9.59 Å². The van der Waals surface area contributed by atoms with E-state index in [4.69, 9.17) is 27.9 Å². The van der Waals surface area contributed by atoms with Crippen molar-refractivity contribution in [2.75, 3.05) is 17.7 Å². The predicted molar refractivity (Wildman–Crippen MR) is 96.4 cm³/mol.